The van der Waals surface area contributed by atoms with Gasteiger partial charge >= 0.3 is 0 Å². The summed E-state index contributed by atoms with van der Waals surface area (Å²) in [4.78, 5) is 26.5. The molecule has 1 N–H and O–H groups in total. The summed E-state index contributed by atoms with van der Waals surface area (Å²) in [6, 6.07) is 19.1. The standard InChI is InChI=1S/C25H20N2O2/c1-14-11-12-16(13-15(14)2)26-23-22-17-7-4-5-8-18(17)24(28)19-9-6-10-20(21(19)22)27(3)25(23)29/h4-13,26H,1-3H3. The van der Waals surface area contributed by atoms with Gasteiger partial charge in [0.15, 0.2) is 5.78 Å². The molecule has 0 amide bonds. The van der Waals surface area contributed by atoms with Crippen LogP contribution in [-0.4, -0.2) is 10.4 Å². The molecule has 0 unspecified atom stereocenters. The molecule has 0 aliphatic heterocycles. The predicted octanol–water partition coefficient (Wildman–Crippen LogP) is 5.11. The Labute approximate surface area is 168 Å². The molecule has 4 nitrogen and oxygen atoms in total. The summed E-state index contributed by atoms with van der Waals surface area (Å²) in [6.07, 6.45) is 0. The Morgan fingerprint density at radius 1 is 0.793 bits per heavy atom. The fourth-order valence-electron chi connectivity index (χ4n) is 4.17. The van der Waals surface area contributed by atoms with Gasteiger partial charge in [-0.15, -0.1) is 0 Å². The van der Waals surface area contributed by atoms with Gasteiger partial charge in [0.25, 0.3) is 5.56 Å². The van der Waals surface area contributed by atoms with Crippen LogP contribution in [0.5, 0.6) is 0 Å². The summed E-state index contributed by atoms with van der Waals surface area (Å²) in [5.74, 6) is -0.00511. The fourth-order valence-corrected chi connectivity index (χ4v) is 4.17. The van der Waals surface area contributed by atoms with Gasteiger partial charge in [-0.2, -0.15) is 0 Å². The number of benzene rings is 3. The second kappa shape index (κ2) is 6.17. The number of hydrogen-bond donors (Lipinski definition) is 1. The third kappa shape index (κ3) is 2.46. The largest absolute Gasteiger partial charge is 0.350 e. The van der Waals surface area contributed by atoms with E-state index < -0.39 is 0 Å². The Bertz CT molecular complexity index is 1400. The Balaban J connectivity index is 1.89. The van der Waals surface area contributed by atoms with Gasteiger partial charge in [-0.1, -0.05) is 42.5 Å². The van der Waals surface area contributed by atoms with E-state index in [0.29, 0.717) is 16.8 Å². The van der Waals surface area contributed by atoms with Gasteiger partial charge in [0.1, 0.15) is 5.69 Å². The Morgan fingerprint density at radius 3 is 2.28 bits per heavy atom. The third-order valence-electron chi connectivity index (χ3n) is 5.88. The molecule has 1 heterocycles. The van der Waals surface area contributed by atoms with E-state index in [1.165, 1.54) is 5.56 Å². The van der Waals surface area contributed by atoms with E-state index in [2.05, 4.69) is 19.2 Å². The normalized spacial score (nSPS) is 12.2. The molecule has 1 aliphatic rings. The smallest absolute Gasteiger partial charge is 0.275 e. The lowest BCUT2D eigenvalue weighted by Crippen LogP contribution is -2.24. The summed E-state index contributed by atoms with van der Waals surface area (Å²) in [7, 11) is 1.75. The van der Waals surface area contributed by atoms with Crippen molar-refractivity contribution in [3.63, 3.8) is 0 Å². The molecule has 0 bridgehead atoms. The molecular formula is C25H20N2O2. The zero-order chi connectivity index (χ0) is 20.3. The van der Waals surface area contributed by atoms with Crippen molar-refractivity contribution < 1.29 is 4.79 Å². The predicted molar refractivity (Wildman–Crippen MR) is 117 cm³/mol. The van der Waals surface area contributed by atoms with Gasteiger partial charge in [0, 0.05) is 34.8 Å². The molecule has 0 radical (unpaired) electrons. The van der Waals surface area contributed by atoms with Crippen LogP contribution < -0.4 is 10.9 Å². The molecule has 0 fully saturated rings. The molecule has 0 saturated carbocycles. The van der Waals surface area contributed by atoms with Crippen molar-refractivity contribution >= 4 is 28.1 Å². The van der Waals surface area contributed by atoms with E-state index in [0.717, 1.165) is 33.3 Å². The van der Waals surface area contributed by atoms with E-state index in [1.807, 2.05) is 60.7 Å². The summed E-state index contributed by atoms with van der Waals surface area (Å²) in [5.41, 5.74) is 7.20. The van der Waals surface area contributed by atoms with E-state index in [4.69, 9.17) is 0 Å². The molecular weight excluding hydrogens is 360 g/mol. The van der Waals surface area contributed by atoms with Gasteiger partial charge in [0.2, 0.25) is 0 Å². The van der Waals surface area contributed by atoms with Crippen molar-refractivity contribution in [1.82, 2.24) is 4.57 Å². The number of hydrogen-bond acceptors (Lipinski definition) is 3. The number of ketones is 1. The maximum atomic E-state index is 13.4. The lowest BCUT2D eigenvalue weighted by molar-refractivity contribution is 0.104. The number of fused-ring (bicyclic) bond motifs is 2. The van der Waals surface area contributed by atoms with E-state index in [9.17, 15) is 9.59 Å². The molecule has 1 aliphatic carbocycles. The van der Waals surface area contributed by atoms with Crippen LogP contribution in [0.2, 0.25) is 0 Å². The molecule has 4 aromatic rings. The van der Waals surface area contributed by atoms with Crippen LogP contribution in [-0.2, 0) is 7.05 Å². The number of aromatic nitrogens is 1. The zero-order valence-electron chi connectivity index (χ0n) is 16.5. The van der Waals surface area contributed by atoms with Crippen LogP contribution in [0, 0.1) is 13.8 Å². The minimum atomic E-state index is -0.118. The molecule has 0 spiro atoms. The number of nitrogens with one attached hydrogen (secondary N) is 1. The lowest BCUT2D eigenvalue weighted by atomic mass is 9.83. The van der Waals surface area contributed by atoms with E-state index >= 15 is 0 Å². The number of anilines is 2. The summed E-state index contributed by atoms with van der Waals surface area (Å²) in [5, 5.41) is 4.19. The highest BCUT2D eigenvalue weighted by Gasteiger charge is 2.29. The monoisotopic (exact) mass is 380 g/mol. The van der Waals surface area contributed by atoms with Crippen LogP contribution in [0.15, 0.2) is 65.5 Å². The molecule has 4 heteroatoms. The first-order valence-electron chi connectivity index (χ1n) is 9.61. The topological polar surface area (TPSA) is 51.1 Å². The third-order valence-corrected chi connectivity index (χ3v) is 5.88. The van der Waals surface area contributed by atoms with Crippen molar-refractivity contribution in [1.29, 1.82) is 0 Å². The molecule has 3 aromatic carbocycles. The Hall–Kier alpha value is -3.66. The van der Waals surface area contributed by atoms with Crippen molar-refractivity contribution in [2.24, 2.45) is 7.05 Å². The van der Waals surface area contributed by atoms with Crippen molar-refractivity contribution in [3.8, 4) is 11.1 Å². The van der Waals surface area contributed by atoms with Gasteiger partial charge in [-0.05, 0) is 48.7 Å². The first-order chi connectivity index (χ1) is 14.0. The molecule has 142 valence electrons. The zero-order valence-corrected chi connectivity index (χ0v) is 16.5. The van der Waals surface area contributed by atoms with Crippen LogP contribution in [0.1, 0.15) is 27.0 Å². The number of aryl methyl sites for hydroxylation is 3. The number of carbonyl (C=O) groups excluding carboxylic acids is 1. The van der Waals surface area contributed by atoms with E-state index in [-0.39, 0.29) is 11.3 Å². The Morgan fingerprint density at radius 2 is 1.52 bits per heavy atom. The van der Waals surface area contributed by atoms with Gasteiger partial charge < -0.3 is 9.88 Å². The molecule has 0 atom stereocenters. The average molecular weight is 380 g/mol. The quantitative estimate of drug-likeness (QED) is 0.463. The highest BCUT2D eigenvalue weighted by molar-refractivity contribution is 6.27. The maximum absolute atomic E-state index is 13.4. The fraction of sp³-hybridized carbons (Fsp3) is 0.120. The highest BCUT2D eigenvalue weighted by atomic mass is 16.1. The SMILES string of the molecule is Cc1ccc(Nc2c3c4c(cccc4n(C)c2=O)C(=O)c2ccccc2-3)cc1C. The number of pyridine rings is 1. The Kier molecular flexibility index (Phi) is 3.71. The number of carbonyl (C=O) groups is 1. The minimum absolute atomic E-state index is 0.00511. The second-order valence-corrected chi connectivity index (χ2v) is 7.61. The van der Waals surface area contributed by atoms with Gasteiger partial charge in [0.05, 0.1) is 5.52 Å². The highest BCUT2D eigenvalue weighted by Crippen LogP contribution is 2.42. The lowest BCUT2D eigenvalue weighted by Gasteiger charge is -2.24. The molecule has 29 heavy (non-hydrogen) atoms. The molecule has 0 saturated heterocycles. The maximum Gasteiger partial charge on any atom is 0.275 e. The van der Waals surface area contributed by atoms with E-state index in [1.54, 1.807) is 11.6 Å². The average Bonchev–Trinajstić information content (AvgIpc) is 2.73. The van der Waals surface area contributed by atoms with Crippen molar-refractivity contribution in [2.45, 2.75) is 13.8 Å². The molecule has 1 aromatic heterocycles. The van der Waals surface area contributed by atoms with Crippen LogP contribution in [0.3, 0.4) is 0 Å². The number of rotatable bonds is 2. The van der Waals surface area contributed by atoms with Crippen molar-refractivity contribution in [3.05, 3.63) is 93.3 Å². The van der Waals surface area contributed by atoms with Crippen LogP contribution >= 0.6 is 0 Å². The first kappa shape index (κ1) is 17.4. The first-order valence-corrected chi connectivity index (χ1v) is 9.61. The number of nitrogens with zero attached hydrogens (tertiary/aromatic N) is 1. The van der Waals surface area contributed by atoms with Crippen molar-refractivity contribution in [2.75, 3.05) is 5.32 Å². The van der Waals surface area contributed by atoms with Crippen LogP contribution in [0.25, 0.3) is 22.0 Å². The van der Waals surface area contributed by atoms with Gasteiger partial charge in [-0.25, -0.2) is 0 Å². The summed E-state index contributed by atoms with van der Waals surface area (Å²) in [6.45, 7) is 4.11. The minimum Gasteiger partial charge on any atom is -0.350 e. The molecule has 5 rings (SSSR count). The summed E-state index contributed by atoms with van der Waals surface area (Å²) < 4.78 is 1.62. The summed E-state index contributed by atoms with van der Waals surface area (Å²) >= 11 is 0. The van der Waals surface area contributed by atoms with Gasteiger partial charge in [-0.3, -0.25) is 9.59 Å². The van der Waals surface area contributed by atoms with Crippen LogP contribution in [0.4, 0.5) is 11.4 Å². The second-order valence-electron chi connectivity index (χ2n) is 7.61.